The summed E-state index contributed by atoms with van der Waals surface area (Å²) < 4.78 is 10.8. The summed E-state index contributed by atoms with van der Waals surface area (Å²) in [7, 11) is 3.45. The van der Waals surface area contributed by atoms with Crippen molar-refractivity contribution in [3.05, 3.63) is 40.4 Å². The van der Waals surface area contributed by atoms with Crippen molar-refractivity contribution in [3.63, 3.8) is 0 Å². The molecule has 0 aliphatic carbocycles. The van der Waals surface area contributed by atoms with Gasteiger partial charge in [0.1, 0.15) is 5.69 Å². The van der Waals surface area contributed by atoms with Gasteiger partial charge in [-0.15, -0.1) is 11.3 Å². The van der Waals surface area contributed by atoms with Crippen molar-refractivity contribution in [2.24, 2.45) is 0 Å². The van der Waals surface area contributed by atoms with E-state index in [9.17, 15) is 9.59 Å². The number of methoxy groups -OCH3 is 2. The lowest BCUT2D eigenvalue weighted by molar-refractivity contribution is 0.0954. The second-order valence-electron chi connectivity index (χ2n) is 9.42. The van der Waals surface area contributed by atoms with Gasteiger partial charge in [0.15, 0.2) is 5.13 Å². The summed E-state index contributed by atoms with van der Waals surface area (Å²) in [6, 6.07) is 6.09. The summed E-state index contributed by atoms with van der Waals surface area (Å²) in [4.78, 5) is 35.2. The number of nitrogens with one attached hydrogen (secondary N) is 2. The minimum Gasteiger partial charge on any atom is -0.383 e. The topological polar surface area (TPSA) is 96.0 Å². The van der Waals surface area contributed by atoms with Crippen molar-refractivity contribution < 1.29 is 19.1 Å². The van der Waals surface area contributed by atoms with E-state index in [1.54, 1.807) is 19.6 Å². The molecule has 2 aromatic rings. The quantitative estimate of drug-likeness (QED) is 0.474. The molecule has 3 heterocycles. The molecule has 2 atom stereocenters. The Morgan fingerprint density at radius 2 is 2.06 bits per heavy atom. The van der Waals surface area contributed by atoms with Crippen LogP contribution in [-0.2, 0) is 16.0 Å². The molecule has 2 aliphatic heterocycles. The summed E-state index contributed by atoms with van der Waals surface area (Å²) in [5, 5.41) is 8.45. The van der Waals surface area contributed by atoms with Crippen molar-refractivity contribution in [2.75, 3.05) is 57.2 Å². The van der Waals surface area contributed by atoms with Crippen LogP contribution in [0.15, 0.2) is 23.6 Å². The Morgan fingerprint density at radius 3 is 2.81 bits per heavy atom. The molecule has 10 heteroatoms. The van der Waals surface area contributed by atoms with E-state index in [4.69, 9.17) is 9.47 Å². The molecule has 36 heavy (non-hydrogen) atoms. The summed E-state index contributed by atoms with van der Waals surface area (Å²) in [5.74, 6) is -0.512. The first kappa shape index (κ1) is 26.5. The third-order valence-corrected chi connectivity index (χ3v) is 7.73. The van der Waals surface area contributed by atoms with E-state index >= 15 is 0 Å². The van der Waals surface area contributed by atoms with Gasteiger partial charge < -0.3 is 25.0 Å². The van der Waals surface area contributed by atoms with Crippen LogP contribution in [0.3, 0.4) is 0 Å². The number of amides is 2. The minimum atomic E-state index is -0.322. The average molecular weight is 516 g/mol. The molecule has 9 nitrogen and oxygen atoms in total. The number of rotatable bonds is 11. The molecule has 0 saturated carbocycles. The summed E-state index contributed by atoms with van der Waals surface area (Å²) in [6.45, 7) is 6.68. The number of benzene rings is 1. The molecule has 0 radical (unpaired) electrons. The number of anilines is 2. The van der Waals surface area contributed by atoms with Crippen LogP contribution in [0.5, 0.6) is 0 Å². The monoisotopic (exact) mass is 515 g/mol. The summed E-state index contributed by atoms with van der Waals surface area (Å²) >= 11 is 1.45. The fourth-order valence-electron chi connectivity index (χ4n) is 4.83. The van der Waals surface area contributed by atoms with E-state index in [-0.39, 0.29) is 17.9 Å². The first-order chi connectivity index (χ1) is 17.5. The van der Waals surface area contributed by atoms with Crippen LogP contribution in [0.4, 0.5) is 10.8 Å². The minimum absolute atomic E-state index is 0.189. The zero-order valence-electron chi connectivity index (χ0n) is 21.4. The number of nitrogens with zero attached hydrogens (tertiary/aromatic N) is 3. The van der Waals surface area contributed by atoms with Gasteiger partial charge in [-0.25, -0.2) is 4.98 Å². The van der Waals surface area contributed by atoms with E-state index in [2.05, 4.69) is 25.4 Å². The maximum absolute atomic E-state index is 13.1. The maximum atomic E-state index is 13.1. The van der Waals surface area contributed by atoms with Crippen molar-refractivity contribution in [2.45, 2.75) is 51.3 Å². The van der Waals surface area contributed by atoms with Crippen LogP contribution < -0.4 is 15.5 Å². The van der Waals surface area contributed by atoms with Gasteiger partial charge in [0, 0.05) is 51.8 Å². The highest BCUT2D eigenvalue weighted by molar-refractivity contribution is 7.14. The molecule has 2 amide bonds. The zero-order chi connectivity index (χ0) is 25.5. The molecule has 1 aromatic heterocycles. The Hall–Kier alpha value is -2.53. The number of thiazole rings is 1. The largest absolute Gasteiger partial charge is 0.383 e. The lowest BCUT2D eigenvalue weighted by Crippen LogP contribution is -2.32. The van der Waals surface area contributed by atoms with Gasteiger partial charge >= 0.3 is 0 Å². The van der Waals surface area contributed by atoms with Gasteiger partial charge in [0.2, 0.25) is 0 Å². The van der Waals surface area contributed by atoms with Crippen LogP contribution in [-0.4, -0.2) is 80.8 Å². The molecule has 1 aromatic carbocycles. The van der Waals surface area contributed by atoms with E-state index < -0.39 is 0 Å². The Labute approximate surface area is 217 Å². The molecule has 2 saturated heterocycles. The number of hydrogen-bond donors (Lipinski definition) is 2. The predicted molar refractivity (Wildman–Crippen MR) is 142 cm³/mol. The average Bonchev–Trinajstić information content (AvgIpc) is 3.65. The van der Waals surface area contributed by atoms with Gasteiger partial charge in [-0.1, -0.05) is 13.0 Å². The molecule has 0 bridgehead atoms. The van der Waals surface area contributed by atoms with Crippen molar-refractivity contribution in [1.29, 1.82) is 0 Å². The van der Waals surface area contributed by atoms with Crippen LogP contribution in [0, 0.1) is 0 Å². The Kier molecular flexibility index (Phi) is 9.30. The molecule has 196 valence electrons. The predicted octanol–water partition coefficient (Wildman–Crippen LogP) is 3.37. The highest BCUT2D eigenvalue weighted by atomic mass is 32.1. The summed E-state index contributed by atoms with van der Waals surface area (Å²) in [5.41, 5.74) is 2.34. The van der Waals surface area contributed by atoms with Gasteiger partial charge in [-0.2, -0.15) is 0 Å². The van der Waals surface area contributed by atoms with E-state index in [0.717, 1.165) is 62.6 Å². The molecule has 0 spiro atoms. The second-order valence-corrected chi connectivity index (χ2v) is 10.3. The smallest absolute Gasteiger partial charge is 0.275 e. The van der Waals surface area contributed by atoms with E-state index in [0.29, 0.717) is 36.1 Å². The van der Waals surface area contributed by atoms with Crippen molar-refractivity contribution >= 4 is 34.0 Å². The lowest BCUT2D eigenvalue weighted by atomic mass is 10.1. The molecular weight excluding hydrogens is 478 g/mol. The number of carbonyl (C=O) groups is 2. The van der Waals surface area contributed by atoms with Gasteiger partial charge in [-0.05, 0) is 49.9 Å². The van der Waals surface area contributed by atoms with E-state index in [1.165, 1.54) is 11.3 Å². The fourth-order valence-corrected chi connectivity index (χ4v) is 5.68. The van der Waals surface area contributed by atoms with Crippen LogP contribution in [0.1, 0.15) is 59.0 Å². The lowest BCUT2D eigenvalue weighted by Gasteiger charge is -2.24. The number of hydrogen-bond acceptors (Lipinski definition) is 8. The fraction of sp³-hybridized carbons (Fsp3) is 0.577. The Balaban J connectivity index is 1.49. The third kappa shape index (κ3) is 6.42. The van der Waals surface area contributed by atoms with Crippen LogP contribution in [0.2, 0.25) is 0 Å². The molecule has 2 aliphatic rings. The number of ether oxygens (including phenoxy) is 2. The molecular formula is C26H37N5O4S. The van der Waals surface area contributed by atoms with Gasteiger partial charge in [0.25, 0.3) is 11.8 Å². The summed E-state index contributed by atoms with van der Waals surface area (Å²) in [6.07, 6.45) is 4.24. The number of likely N-dealkylation sites (tertiary alicyclic amines) is 1. The number of aromatic nitrogens is 1. The first-order valence-corrected chi connectivity index (χ1v) is 13.6. The van der Waals surface area contributed by atoms with E-state index in [1.807, 2.05) is 25.1 Å². The SMILES string of the molecule is CCCNC(=O)c1cc(CN2CCC[C@@H]2COC)ccc1NC(=O)c1csc(N2CC[C@H](OC)C2)n1. The highest BCUT2D eigenvalue weighted by Gasteiger charge is 2.27. The first-order valence-electron chi connectivity index (χ1n) is 12.7. The van der Waals surface area contributed by atoms with Crippen molar-refractivity contribution in [3.8, 4) is 0 Å². The van der Waals surface area contributed by atoms with Gasteiger partial charge in [-0.3, -0.25) is 14.5 Å². The number of carbonyl (C=O) groups excluding carboxylic acids is 2. The normalized spacial score (nSPS) is 20.1. The van der Waals surface area contributed by atoms with Crippen molar-refractivity contribution in [1.82, 2.24) is 15.2 Å². The maximum Gasteiger partial charge on any atom is 0.275 e. The molecule has 2 fully saturated rings. The zero-order valence-corrected chi connectivity index (χ0v) is 22.2. The third-order valence-electron chi connectivity index (χ3n) is 6.83. The van der Waals surface area contributed by atoms with Gasteiger partial charge in [0.05, 0.1) is 24.0 Å². The standard InChI is InChI=1S/C26H37N5O4S/c1-4-10-27-24(32)21-13-18(14-30-11-5-6-19(30)16-34-2)7-8-22(21)28-25(33)23-17-36-26(29-23)31-12-9-20(15-31)35-3/h7-8,13,17,19-20H,4-6,9-12,14-16H2,1-3H3,(H,27,32)(H,28,33)/t19-,20+/m1/s1. The Bertz CT molecular complexity index is 1050. The molecule has 4 rings (SSSR count). The van der Waals surface area contributed by atoms with Crippen LogP contribution >= 0.6 is 11.3 Å². The molecule has 2 N–H and O–H groups in total. The second kappa shape index (κ2) is 12.6. The van der Waals surface area contributed by atoms with Crippen LogP contribution in [0.25, 0.3) is 0 Å². The highest BCUT2D eigenvalue weighted by Crippen LogP contribution is 2.27. The molecule has 0 unspecified atom stereocenters. The Morgan fingerprint density at radius 1 is 1.19 bits per heavy atom.